The van der Waals surface area contributed by atoms with E-state index < -0.39 is 17.7 Å². The van der Waals surface area contributed by atoms with Gasteiger partial charge in [0.2, 0.25) is 5.88 Å². The van der Waals surface area contributed by atoms with Crippen LogP contribution >= 0.6 is 0 Å². The molecule has 32 heavy (non-hydrogen) atoms. The minimum absolute atomic E-state index is 0.272. The maximum Gasteiger partial charge on any atom is 0.255 e. The summed E-state index contributed by atoms with van der Waals surface area (Å²) in [6.07, 6.45) is 1.25. The van der Waals surface area contributed by atoms with Crippen molar-refractivity contribution in [2.75, 3.05) is 30.8 Å². The molecule has 0 radical (unpaired) electrons. The number of aromatic nitrogens is 3. The number of hydrogen-bond donors (Lipinski definition) is 4. The van der Waals surface area contributed by atoms with Gasteiger partial charge in [-0.25, -0.2) is 19.3 Å². The predicted octanol–water partition coefficient (Wildman–Crippen LogP) is 3.05. The number of nitrogens with one attached hydrogen (secondary N) is 3. The molecular weight excluding hydrogens is 415 g/mol. The molecule has 0 saturated heterocycles. The molecule has 170 valence electrons. The Hall–Kier alpha value is -3.53. The summed E-state index contributed by atoms with van der Waals surface area (Å²) in [5.41, 5.74) is 0.755. The molecule has 0 saturated carbocycles. The third-order valence-electron chi connectivity index (χ3n) is 4.79. The van der Waals surface area contributed by atoms with Gasteiger partial charge in [0.25, 0.3) is 5.91 Å². The number of carbonyl (C=O) groups excluding carboxylic acids is 1. The molecule has 9 nitrogen and oxygen atoms in total. The van der Waals surface area contributed by atoms with Gasteiger partial charge in [-0.05, 0) is 39.0 Å². The van der Waals surface area contributed by atoms with Gasteiger partial charge in [0.05, 0.1) is 41.4 Å². The fourth-order valence-corrected chi connectivity index (χ4v) is 2.99. The van der Waals surface area contributed by atoms with Crippen LogP contribution in [0.4, 0.5) is 21.6 Å². The van der Waals surface area contributed by atoms with E-state index in [1.807, 2.05) is 25.1 Å². The summed E-state index contributed by atoms with van der Waals surface area (Å²) < 4.78 is 19.3. The molecule has 2 heterocycles. The number of carbonyl (C=O) groups is 1. The minimum Gasteiger partial charge on any atom is -0.480 e. The molecule has 0 aliphatic carbocycles. The molecule has 0 aliphatic rings. The maximum atomic E-state index is 14.0. The number of fused-ring (bicyclic) bond motifs is 1. The number of halogens is 1. The number of hydrogen-bond acceptors (Lipinski definition) is 8. The van der Waals surface area contributed by atoms with Gasteiger partial charge in [-0.1, -0.05) is 0 Å². The number of nitrogens with zero attached hydrogens (tertiary/aromatic N) is 3. The fourth-order valence-electron chi connectivity index (χ4n) is 2.99. The van der Waals surface area contributed by atoms with E-state index in [2.05, 4.69) is 30.9 Å². The van der Waals surface area contributed by atoms with Gasteiger partial charge in [0.1, 0.15) is 18.3 Å². The van der Waals surface area contributed by atoms with E-state index >= 15 is 0 Å². The lowest BCUT2D eigenvalue weighted by Crippen LogP contribution is -2.42. The van der Waals surface area contributed by atoms with Crippen molar-refractivity contribution in [1.82, 2.24) is 20.3 Å². The van der Waals surface area contributed by atoms with Crippen LogP contribution in [0.25, 0.3) is 10.9 Å². The number of methoxy groups -OCH3 is 1. The van der Waals surface area contributed by atoms with Crippen molar-refractivity contribution in [3.05, 3.63) is 42.4 Å². The fraction of sp³-hybridized carbons (Fsp3) is 0.364. The van der Waals surface area contributed by atoms with Crippen molar-refractivity contribution in [1.29, 1.82) is 0 Å². The Labute approximate surface area is 185 Å². The Morgan fingerprint density at radius 2 is 2.03 bits per heavy atom. The van der Waals surface area contributed by atoms with Crippen molar-refractivity contribution in [3.63, 3.8) is 0 Å². The monoisotopic (exact) mass is 442 g/mol. The normalized spacial score (nSPS) is 12.3. The van der Waals surface area contributed by atoms with E-state index in [0.29, 0.717) is 23.9 Å². The predicted molar refractivity (Wildman–Crippen MR) is 121 cm³/mol. The van der Waals surface area contributed by atoms with Crippen LogP contribution in [0.5, 0.6) is 5.88 Å². The number of anilines is 3. The van der Waals surface area contributed by atoms with Gasteiger partial charge in [0, 0.05) is 24.5 Å². The average molecular weight is 442 g/mol. The van der Waals surface area contributed by atoms with Crippen LogP contribution < -0.4 is 20.7 Å². The molecular formula is C22H27FN6O3. The topological polar surface area (TPSA) is 121 Å². The number of rotatable bonds is 9. The van der Waals surface area contributed by atoms with E-state index in [1.54, 1.807) is 13.2 Å². The summed E-state index contributed by atoms with van der Waals surface area (Å²) >= 11 is 0. The maximum absolute atomic E-state index is 14.0. The first-order valence-corrected chi connectivity index (χ1v) is 10.2. The molecule has 1 unspecified atom stereocenters. The average Bonchev–Trinajstić information content (AvgIpc) is 2.76. The van der Waals surface area contributed by atoms with E-state index in [1.165, 1.54) is 26.4 Å². The molecule has 1 atom stereocenters. The summed E-state index contributed by atoms with van der Waals surface area (Å²) in [6.45, 7) is 4.87. The van der Waals surface area contributed by atoms with Crippen LogP contribution in [-0.2, 0) is 0 Å². The summed E-state index contributed by atoms with van der Waals surface area (Å²) in [6, 6.07) is 7.23. The quantitative estimate of drug-likeness (QED) is 0.399. The van der Waals surface area contributed by atoms with Crippen LogP contribution in [0.2, 0.25) is 0 Å². The molecule has 0 bridgehead atoms. The highest BCUT2D eigenvalue weighted by atomic mass is 19.1. The molecule has 1 amide bonds. The van der Waals surface area contributed by atoms with Gasteiger partial charge in [-0.2, -0.15) is 0 Å². The highest BCUT2D eigenvalue weighted by Crippen LogP contribution is 2.27. The van der Waals surface area contributed by atoms with E-state index in [4.69, 9.17) is 4.74 Å². The third-order valence-corrected chi connectivity index (χ3v) is 4.79. The lowest BCUT2D eigenvalue weighted by molar-refractivity contribution is -0.00177. The zero-order valence-corrected chi connectivity index (χ0v) is 18.4. The standard InChI is InChI=1S/C22H27FN6O3/c1-5-24-17-9-19(25-10-15(17)20(30)26-11-18(23)22(2,3)31)29-13-6-7-16-14(8-13)21(32-4)28-12-27-16/h6-10,12,18,31H,5,11H2,1-4H3,(H,26,30)(H2,24,25,29). The van der Waals surface area contributed by atoms with Gasteiger partial charge in [-0.3, -0.25) is 4.79 Å². The number of ether oxygens (including phenoxy) is 1. The molecule has 10 heteroatoms. The van der Waals surface area contributed by atoms with Crippen molar-refractivity contribution in [2.45, 2.75) is 32.5 Å². The number of benzene rings is 1. The second-order valence-electron chi connectivity index (χ2n) is 7.72. The first-order chi connectivity index (χ1) is 15.2. The number of aliphatic hydroxyl groups is 1. The van der Waals surface area contributed by atoms with Gasteiger partial charge in [-0.15, -0.1) is 0 Å². The summed E-state index contributed by atoms with van der Waals surface area (Å²) in [5.74, 6) is 0.483. The Bertz CT molecular complexity index is 1100. The summed E-state index contributed by atoms with van der Waals surface area (Å²) in [5, 5.41) is 19.3. The smallest absolute Gasteiger partial charge is 0.255 e. The van der Waals surface area contributed by atoms with Crippen molar-refractivity contribution in [2.24, 2.45) is 0 Å². The Morgan fingerprint density at radius 1 is 1.25 bits per heavy atom. The molecule has 3 aromatic rings. The zero-order chi connectivity index (χ0) is 23.3. The number of amides is 1. The van der Waals surface area contributed by atoms with Gasteiger partial charge < -0.3 is 25.8 Å². The van der Waals surface area contributed by atoms with Crippen LogP contribution in [0.1, 0.15) is 31.1 Å². The van der Waals surface area contributed by atoms with Crippen LogP contribution in [0.15, 0.2) is 36.8 Å². The first kappa shape index (κ1) is 23.1. The van der Waals surface area contributed by atoms with E-state index in [0.717, 1.165) is 16.6 Å². The van der Waals surface area contributed by atoms with Crippen LogP contribution in [-0.4, -0.2) is 57.9 Å². The highest BCUT2D eigenvalue weighted by Gasteiger charge is 2.27. The molecule has 4 N–H and O–H groups in total. The van der Waals surface area contributed by atoms with Crippen LogP contribution in [0, 0.1) is 0 Å². The SMILES string of the molecule is CCNc1cc(Nc2ccc3ncnc(OC)c3c2)ncc1C(=O)NCC(F)C(C)(C)O. The summed E-state index contributed by atoms with van der Waals surface area (Å²) in [4.78, 5) is 25.2. The minimum atomic E-state index is -1.60. The Morgan fingerprint density at radius 3 is 2.72 bits per heavy atom. The van der Waals surface area contributed by atoms with E-state index in [-0.39, 0.29) is 12.1 Å². The zero-order valence-electron chi connectivity index (χ0n) is 18.4. The molecule has 0 aliphatic heterocycles. The molecule has 2 aromatic heterocycles. The van der Waals surface area contributed by atoms with Gasteiger partial charge in [0.15, 0.2) is 0 Å². The second kappa shape index (κ2) is 9.73. The largest absolute Gasteiger partial charge is 0.480 e. The van der Waals surface area contributed by atoms with Crippen molar-refractivity contribution < 1.29 is 19.0 Å². The van der Waals surface area contributed by atoms with Crippen molar-refractivity contribution >= 4 is 34.0 Å². The van der Waals surface area contributed by atoms with Crippen molar-refractivity contribution in [3.8, 4) is 5.88 Å². The van der Waals surface area contributed by atoms with Crippen LogP contribution in [0.3, 0.4) is 0 Å². The summed E-state index contributed by atoms with van der Waals surface area (Å²) in [7, 11) is 1.54. The van der Waals surface area contributed by atoms with E-state index in [9.17, 15) is 14.3 Å². The molecule has 0 fully saturated rings. The molecule has 3 rings (SSSR count). The lowest BCUT2D eigenvalue weighted by atomic mass is 10.0. The third kappa shape index (κ3) is 5.38. The van der Waals surface area contributed by atoms with Gasteiger partial charge >= 0.3 is 0 Å². The lowest BCUT2D eigenvalue weighted by Gasteiger charge is -2.22. The molecule has 0 spiro atoms. The Kier molecular flexibility index (Phi) is 7.04. The number of pyridine rings is 1. The second-order valence-corrected chi connectivity index (χ2v) is 7.72. The molecule has 1 aromatic carbocycles. The highest BCUT2D eigenvalue weighted by molar-refractivity contribution is 6.00. The number of alkyl halides is 1. The Balaban J connectivity index is 1.81. The first-order valence-electron chi connectivity index (χ1n) is 10.2.